The molecule has 1 aromatic carbocycles. The van der Waals surface area contributed by atoms with E-state index in [2.05, 4.69) is 49.6 Å². The third kappa shape index (κ3) is 3.12. The van der Waals surface area contributed by atoms with Crippen molar-refractivity contribution >= 4 is 23.4 Å². The number of benzene rings is 1. The maximum atomic E-state index is 11.9. The van der Waals surface area contributed by atoms with Crippen molar-refractivity contribution < 1.29 is 4.79 Å². The van der Waals surface area contributed by atoms with Crippen LogP contribution in [0, 0.1) is 5.92 Å². The largest absolute Gasteiger partial charge is 0.324 e. The first-order chi connectivity index (χ1) is 9.02. The topological polar surface area (TPSA) is 41.1 Å². The van der Waals surface area contributed by atoms with Crippen molar-refractivity contribution in [3.05, 3.63) is 23.8 Å². The molecule has 2 unspecified atom stereocenters. The molecule has 0 spiro atoms. The zero-order valence-corrected chi connectivity index (χ0v) is 12.8. The number of thioether (sulfide) groups is 1. The molecule has 1 aliphatic rings. The number of nitrogens with one attached hydrogen (secondary N) is 2. The number of carbonyl (C=O) groups excluding carboxylic acids is 1. The van der Waals surface area contributed by atoms with Gasteiger partial charge in [-0.25, -0.2) is 0 Å². The first-order valence-corrected chi connectivity index (χ1v) is 7.75. The number of hydrogen-bond donors (Lipinski definition) is 2. The zero-order valence-electron chi connectivity index (χ0n) is 12.0. The van der Waals surface area contributed by atoms with Gasteiger partial charge in [-0.15, -0.1) is 11.8 Å². The average Bonchev–Trinajstić information content (AvgIpc) is 2.65. The molecule has 1 heterocycles. The SMILES string of the molecule is CCNC1C(=O)Nc2cc(SC(C)C(C)C)ccc21. The Bertz CT molecular complexity index is 473. The van der Waals surface area contributed by atoms with Gasteiger partial charge in [0, 0.05) is 21.4 Å². The number of fused-ring (bicyclic) bond motifs is 1. The molecule has 0 aliphatic carbocycles. The quantitative estimate of drug-likeness (QED) is 0.811. The van der Waals surface area contributed by atoms with Crippen LogP contribution in [0.4, 0.5) is 5.69 Å². The summed E-state index contributed by atoms with van der Waals surface area (Å²) >= 11 is 1.86. The molecule has 0 bridgehead atoms. The molecular weight excluding hydrogens is 256 g/mol. The molecule has 0 saturated carbocycles. The Hall–Kier alpha value is -1.00. The molecule has 2 N–H and O–H groups in total. The highest BCUT2D eigenvalue weighted by Gasteiger charge is 2.29. The minimum absolute atomic E-state index is 0.0518. The first-order valence-electron chi connectivity index (χ1n) is 6.87. The second-order valence-electron chi connectivity index (χ2n) is 5.30. The van der Waals surface area contributed by atoms with Crippen LogP contribution >= 0.6 is 11.8 Å². The van der Waals surface area contributed by atoms with Crippen LogP contribution in [-0.4, -0.2) is 17.7 Å². The smallest absolute Gasteiger partial charge is 0.246 e. The Morgan fingerprint density at radius 1 is 1.37 bits per heavy atom. The van der Waals surface area contributed by atoms with E-state index in [0.717, 1.165) is 17.8 Å². The van der Waals surface area contributed by atoms with Gasteiger partial charge in [-0.3, -0.25) is 4.79 Å². The average molecular weight is 278 g/mol. The van der Waals surface area contributed by atoms with Gasteiger partial charge in [0.25, 0.3) is 0 Å². The van der Waals surface area contributed by atoms with Crippen LogP contribution in [0.1, 0.15) is 39.3 Å². The van der Waals surface area contributed by atoms with Gasteiger partial charge in [0.05, 0.1) is 0 Å². The second kappa shape index (κ2) is 5.97. The molecule has 2 atom stereocenters. The summed E-state index contributed by atoms with van der Waals surface area (Å²) in [6, 6.07) is 6.08. The maximum absolute atomic E-state index is 11.9. The molecule has 4 heteroatoms. The highest BCUT2D eigenvalue weighted by Crippen LogP contribution is 2.36. The number of hydrogen-bond acceptors (Lipinski definition) is 3. The zero-order chi connectivity index (χ0) is 14.0. The number of likely N-dealkylation sites (N-methyl/N-ethyl adjacent to an activating group) is 1. The summed E-state index contributed by atoms with van der Waals surface area (Å²) < 4.78 is 0. The van der Waals surface area contributed by atoms with Gasteiger partial charge < -0.3 is 10.6 Å². The molecule has 0 saturated heterocycles. The van der Waals surface area contributed by atoms with Gasteiger partial charge in [0.1, 0.15) is 6.04 Å². The standard InChI is InChI=1S/C15H22N2OS/c1-5-16-14-12-7-6-11(19-10(4)9(2)3)8-13(12)17-15(14)18/h6-10,14,16H,5H2,1-4H3,(H,17,18). The number of rotatable bonds is 5. The van der Waals surface area contributed by atoms with Crippen molar-refractivity contribution in [1.82, 2.24) is 5.32 Å². The summed E-state index contributed by atoms with van der Waals surface area (Å²) in [6.07, 6.45) is 0. The van der Waals surface area contributed by atoms with Crippen molar-refractivity contribution in [2.24, 2.45) is 5.92 Å². The van der Waals surface area contributed by atoms with Crippen LogP contribution < -0.4 is 10.6 Å². The predicted molar refractivity (Wildman–Crippen MR) is 81.6 cm³/mol. The van der Waals surface area contributed by atoms with Crippen LogP contribution in [0.2, 0.25) is 0 Å². The van der Waals surface area contributed by atoms with Gasteiger partial charge in [0.2, 0.25) is 5.91 Å². The summed E-state index contributed by atoms with van der Waals surface area (Å²) in [7, 11) is 0. The molecule has 1 aliphatic heterocycles. The molecule has 1 amide bonds. The van der Waals surface area contributed by atoms with Crippen LogP contribution in [0.15, 0.2) is 23.1 Å². The minimum Gasteiger partial charge on any atom is -0.324 e. The second-order valence-corrected chi connectivity index (χ2v) is 6.75. The molecule has 104 valence electrons. The van der Waals surface area contributed by atoms with Crippen molar-refractivity contribution in [2.45, 2.75) is 43.9 Å². The Kier molecular flexibility index (Phi) is 4.53. The van der Waals surface area contributed by atoms with Gasteiger partial charge in [-0.05, 0) is 24.6 Å². The Balaban J connectivity index is 2.17. The fourth-order valence-electron chi connectivity index (χ4n) is 2.07. The molecule has 3 nitrogen and oxygen atoms in total. The summed E-state index contributed by atoms with van der Waals surface area (Å²) in [6.45, 7) is 9.50. The molecule has 2 rings (SSSR count). The first kappa shape index (κ1) is 14.4. The van der Waals surface area contributed by atoms with Crippen LogP contribution in [0.3, 0.4) is 0 Å². The molecule has 19 heavy (non-hydrogen) atoms. The van der Waals surface area contributed by atoms with E-state index >= 15 is 0 Å². The maximum Gasteiger partial charge on any atom is 0.246 e. The number of carbonyl (C=O) groups is 1. The Morgan fingerprint density at radius 2 is 2.11 bits per heavy atom. The molecular formula is C15H22N2OS. The van der Waals surface area contributed by atoms with E-state index in [9.17, 15) is 4.79 Å². The summed E-state index contributed by atoms with van der Waals surface area (Å²) in [4.78, 5) is 13.1. The third-order valence-corrected chi connectivity index (χ3v) is 4.97. The van der Waals surface area contributed by atoms with E-state index in [0.29, 0.717) is 11.2 Å². The third-order valence-electron chi connectivity index (χ3n) is 3.52. The Labute approximate surface area is 119 Å². The lowest BCUT2D eigenvalue weighted by Crippen LogP contribution is -2.27. The van der Waals surface area contributed by atoms with E-state index in [1.165, 1.54) is 4.90 Å². The van der Waals surface area contributed by atoms with E-state index in [1.54, 1.807) is 0 Å². The highest BCUT2D eigenvalue weighted by atomic mass is 32.2. The lowest BCUT2D eigenvalue weighted by Gasteiger charge is -2.15. The van der Waals surface area contributed by atoms with Gasteiger partial charge in [-0.2, -0.15) is 0 Å². The monoisotopic (exact) mass is 278 g/mol. The summed E-state index contributed by atoms with van der Waals surface area (Å²) in [5.74, 6) is 0.693. The molecule has 0 fully saturated rings. The van der Waals surface area contributed by atoms with Crippen LogP contribution in [0.25, 0.3) is 0 Å². The fraction of sp³-hybridized carbons (Fsp3) is 0.533. The predicted octanol–water partition coefficient (Wildman–Crippen LogP) is 3.43. The normalized spacial score (nSPS) is 19.4. The van der Waals surface area contributed by atoms with Crippen molar-refractivity contribution in [1.29, 1.82) is 0 Å². The van der Waals surface area contributed by atoms with E-state index in [1.807, 2.05) is 18.7 Å². The molecule has 0 radical (unpaired) electrons. The van der Waals surface area contributed by atoms with E-state index < -0.39 is 0 Å². The lowest BCUT2D eigenvalue weighted by atomic mass is 10.1. The summed E-state index contributed by atoms with van der Waals surface area (Å²) in [5.41, 5.74) is 2.02. The van der Waals surface area contributed by atoms with Crippen LogP contribution in [-0.2, 0) is 4.79 Å². The summed E-state index contributed by atoms with van der Waals surface area (Å²) in [5, 5.41) is 6.74. The minimum atomic E-state index is -0.193. The lowest BCUT2D eigenvalue weighted by molar-refractivity contribution is -0.117. The van der Waals surface area contributed by atoms with Crippen molar-refractivity contribution in [3.63, 3.8) is 0 Å². The number of amides is 1. The van der Waals surface area contributed by atoms with Gasteiger partial charge in [-0.1, -0.05) is 33.8 Å². The fourth-order valence-corrected chi connectivity index (χ4v) is 3.11. The van der Waals surface area contributed by atoms with Gasteiger partial charge in [0.15, 0.2) is 0 Å². The number of anilines is 1. The molecule has 0 aromatic heterocycles. The Morgan fingerprint density at radius 3 is 2.74 bits per heavy atom. The molecule has 1 aromatic rings. The van der Waals surface area contributed by atoms with Crippen molar-refractivity contribution in [3.8, 4) is 0 Å². The van der Waals surface area contributed by atoms with Gasteiger partial charge >= 0.3 is 0 Å². The van der Waals surface area contributed by atoms with Crippen LogP contribution in [0.5, 0.6) is 0 Å². The highest BCUT2D eigenvalue weighted by molar-refractivity contribution is 8.00. The van der Waals surface area contributed by atoms with Crippen molar-refractivity contribution in [2.75, 3.05) is 11.9 Å². The van der Waals surface area contributed by atoms with E-state index in [4.69, 9.17) is 0 Å². The van der Waals surface area contributed by atoms with E-state index in [-0.39, 0.29) is 11.9 Å².